The molecule has 2 heterocycles. The first kappa shape index (κ1) is 21.7. The lowest BCUT2D eigenvalue weighted by molar-refractivity contribution is 0.618. The minimum atomic E-state index is -0.523. The molecule has 2 N–H and O–H groups in total. The monoisotopic (exact) mass is 455 g/mol. The normalized spacial score (nSPS) is 11.2. The molecule has 0 aliphatic heterocycles. The molecule has 7 heteroatoms. The van der Waals surface area contributed by atoms with Crippen molar-refractivity contribution in [3.8, 4) is 16.8 Å². The average Bonchev–Trinajstić information content (AvgIpc) is 3.22. The zero-order valence-corrected chi connectivity index (χ0v) is 18.8. The summed E-state index contributed by atoms with van der Waals surface area (Å²) in [4.78, 5) is 5.86. The first-order valence-corrected chi connectivity index (χ1v) is 10.9. The van der Waals surface area contributed by atoms with Crippen LogP contribution in [0.1, 0.15) is 11.3 Å². The van der Waals surface area contributed by atoms with E-state index < -0.39 is 11.6 Å². The second-order valence-corrected chi connectivity index (χ2v) is 8.12. The van der Waals surface area contributed by atoms with E-state index in [0.29, 0.717) is 34.5 Å². The van der Waals surface area contributed by atoms with E-state index in [-0.39, 0.29) is 11.1 Å². The molecule has 0 amide bonds. The Morgan fingerprint density at radius 1 is 0.912 bits per heavy atom. The van der Waals surface area contributed by atoms with E-state index in [9.17, 15) is 0 Å². The van der Waals surface area contributed by atoms with Crippen molar-refractivity contribution >= 4 is 22.3 Å². The molecule has 0 fully saturated rings. The molecular weight excluding hydrogens is 432 g/mol. The topological polar surface area (TPSA) is 60.0 Å². The Hall–Kier alpha value is -4.10. The summed E-state index contributed by atoms with van der Waals surface area (Å²) in [6.45, 7) is 2.19. The van der Waals surface area contributed by atoms with Crippen LogP contribution in [0, 0.1) is 18.6 Å². The molecule has 0 unspecified atom stereocenters. The molecule has 170 valence electrons. The smallest absolute Gasteiger partial charge is 0.157 e. The maximum Gasteiger partial charge on any atom is 0.157 e. The first-order chi connectivity index (χ1) is 16.5. The van der Waals surface area contributed by atoms with Gasteiger partial charge >= 0.3 is 0 Å². The number of pyridine rings is 1. The van der Waals surface area contributed by atoms with Crippen LogP contribution in [-0.2, 0) is 6.54 Å². The average molecular weight is 456 g/mol. The minimum Gasteiger partial charge on any atom is -0.344 e. The molecule has 0 aliphatic carbocycles. The Balaban J connectivity index is 1.61. The number of halogens is 2. The van der Waals surface area contributed by atoms with Crippen molar-refractivity contribution in [2.24, 2.45) is 5.73 Å². The van der Waals surface area contributed by atoms with Crippen molar-refractivity contribution in [2.75, 3.05) is 11.9 Å². The lowest BCUT2D eigenvalue weighted by Crippen LogP contribution is -2.09. The van der Waals surface area contributed by atoms with Gasteiger partial charge in [0.1, 0.15) is 11.3 Å². The Labute approximate surface area is 196 Å². The number of hydrogen-bond acceptors (Lipinski definition) is 4. The van der Waals surface area contributed by atoms with Crippen molar-refractivity contribution < 1.29 is 8.78 Å². The highest BCUT2D eigenvalue weighted by molar-refractivity contribution is 5.89. The van der Waals surface area contributed by atoms with Gasteiger partial charge in [-0.05, 0) is 55.0 Å². The van der Waals surface area contributed by atoms with Crippen molar-refractivity contribution in [1.82, 2.24) is 14.8 Å². The standard InChI is InChI=1S/C27H23F2N5/c1-17-22-8-9-24(26(29)27(22)34(32-17)21-5-3-4-18(14-21)16-30)23-7-6-20(15-25(23)28)33(2)19-10-12-31-13-11-19/h3-15H,16,30H2,1-2H3. The lowest BCUT2D eigenvalue weighted by atomic mass is 10.0. The van der Waals surface area contributed by atoms with Crippen LogP contribution in [0.2, 0.25) is 0 Å². The molecule has 5 rings (SSSR count). The van der Waals surface area contributed by atoms with E-state index in [0.717, 1.165) is 11.3 Å². The quantitative estimate of drug-likeness (QED) is 0.358. The van der Waals surface area contributed by atoms with E-state index in [1.165, 1.54) is 6.07 Å². The Morgan fingerprint density at radius 2 is 1.68 bits per heavy atom. The molecule has 3 aromatic carbocycles. The number of aryl methyl sites for hydroxylation is 1. The molecule has 0 bridgehead atoms. The predicted molar refractivity (Wildman–Crippen MR) is 131 cm³/mol. The number of nitrogens with two attached hydrogens (primary N) is 1. The van der Waals surface area contributed by atoms with Crippen LogP contribution < -0.4 is 10.6 Å². The Bertz CT molecular complexity index is 1490. The first-order valence-electron chi connectivity index (χ1n) is 10.9. The molecule has 0 atom stereocenters. The molecule has 0 saturated carbocycles. The largest absolute Gasteiger partial charge is 0.344 e. The van der Waals surface area contributed by atoms with Crippen LogP contribution in [0.4, 0.5) is 20.2 Å². The summed E-state index contributed by atoms with van der Waals surface area (Å²) in [6, 6.07) is 19.4. The second kappa shape index (κ2) is 8.68. The molecule has 0 saturated heterocycles. The van der Waals surface area contributed by atoms with Gasteiger partial charge in [-0.1, -0.05) is 24.3 Å². The summed E-state index contributed by atoms with van der Waals surface area (Å²) < 4.78 is 32.8. The Morgan fingerprint density at radius 3 is 2.41 bits per heavy atom. The molecule has 2 aromatic heterocycles. The van der Waals surface area contributed by atoms with Crippen LogP contribution in [0.3, 0.4) is 0 Å². The van der Waals surface area contributed by atoms with Crippen molar-refractivity contribution in [1.29, 1.82) is 0 Å². The predicted octanol–water partition coefficient (Wildman–Crippen LogP) is 5.90. The van der Waals surface area contributed by atoms with Crippen LogP contribution in [0.15, 0.2) is 79.1 Å². The van der Waals surface area contributed by atoms with Gasteiger partial charge in [0.2, 0.25) is 0 Å². The molecule has 0 aliphatic rings. The van der Waals surface area contributed by atoms with Crippen molar-refractivity contribution in [2.45, 2.75) is 13.5 Å². The zero-order valence-electron chi connectivity index (χ0n) is 18.8. The maximum atomic E-state index is 15.9. The minimum absolute atomic E-state index is 0.180. The number of fused-ring (bicyclic) bond motifs is 1. The van der Waals surface area contributed by atoms with Gasteiger partial charge in [-0.15, -0.1) is 0 Å². The molecule has 34 heavy (non-hydrogen) atoms. The van der Waals surface area contributed by atoms with E-state index in [2.05, 4.69) is 10.1 Å². The number of anilines is 2. The van der Waals surface area contributed by atoms with Gasteiger partial charge < -0.3 is 10.6 Å². The van der Waals surface area contributed by atoms with Crippen LogP contribution in [-0.4, -0.2) is 21.8 Å². The van der Waals surface area contributed by atoms with E-state index in [1.54, 1.807) is 41.3 Å². The molecule has 5 nitrogen and oxygen atoms in total. The highest BCUT2D eigenvalue weighted by Crippen LogP contribution is 2.35. The van der Waals surface area contributed by atoms with Crippen LogP contribution >= 0.6 is 0 Å². The maximum absolute atomic E-state index is 15.9. The molecular formula is C27H23F2N5. The number of aromatic nitrogens is 3. The van der Waals surface area contributed by atoms with Gasteiger partial charge in [-0.2, -0.15) is 5.10 Å². The summed E-state index contributed by atoms with van der Waals surface area (Å²) in [5, 5.41) is 5.23. The molecule has 0 spiro atoms. The van der Waals surface area contributed by atoms with Crippen LogP contribution in [0.5, 0.6) is 0 Å². The third kappa shape index (κ3) is 3.70. The van der Waals surface area contributed by atoms with Gasteiger partial charge in [-0.3, -0.25) is 4.98 Å². The summed E-state index contributed by atoms with van der Waals surface area (Å²) in [5.74, 6) is -1.03. The highest BCUT2D eigenvalue weighted by atomic mass is 19.1. The fraction of sp³-hybridized carbons (Fsp3) is 0.111. The van der Waals surface area contributed by atoms with Gasteiger partial charge in [0, 0.05) is 53.9 Å². The number of nitrogens with zero attached hydrogens (tertiary/aromatic N) is 4. The summed E-state index contributed by atoms with van der Waals surface area (Å²) in [7, 11) is 1.84. The van der Waals surface area contributed by atoms with Gasteiger partial charge in [0.05, 0.1) is 11.4 Å². The third-order valence-corrected chi connectivity index (χ3v) is 6.04. The van der Waals surface area contributed by atoms with Gasteiger partial charge in [0.15, 0.2) is 5.82 Å². The Kier molecular flexibility index (Phi) is 5.55. The number of benzene rings is 3. The van der Waals surface area contributed by atoms with E-state index in [1.807, 2.05) is 55.3 Å². The van der Waals surface area contributed by atoms with Crippen molar-refractivity contribution in [3.05, 3.63) is 102 Å². The summed E-state index contributed by atoms with van der Waals surface area (Å²) in [5.41, 5.74) is 10.3. The van der Waals surface area contributed by atoms with E-state index >= 15 is 8.78 Å². The lowest BCUT2D eigenvalue weighted by Gasteiger charge is -2.20. The van der Waals surface area contributed by atoms with Gasteiger partial charge in [-0.25, -0.2) is 13.5 Å². The van der Waals surface area contributed by atoms with Gasteiger partial charge in [0.25, 0.3) is 0 Å². The van der Waals surface area contributed by atoms with Crippen molar-refractivity contribution in [3.63, 3.8) is 0 Å². The fourth-order valence-electron chi connectivity index (χ4n) is 4.18. The summed E-state index contributed by atoms with van der Waals surface area (Å²) in [6.07, 6.45) is 3.35. The second-order valence-electron chi connectivity index (χ2n) is 8.12. The summed E-state index contributed by atoms with van der Waals surface area (Å²) >= 11 is 0. The van der Waals surface area contributed by atoms with E-state index in [4.69, 9.17) is 5.73 Å². The fourth-order valence-corrected chi connectivity index (χ4v) is 4.18. The number of rotatable bonds is 5. The molecule has 5 aromatic rings. The zero-order chi connectivity index (χ0) is 23.8. The third-order valence-electron chi connectivity index (χ3n) is 6.04. The molecule has 0 radical (unpaired) electrons. The van der Waals surface area contributed by atoms with Crippen LogP contribution in [0.25, 0.3) is 27.7 Å². The SMILES string of the molecule is Cc1nn(-c2cccc(CN)c2)c2c(F)c(-c3ccc(N(C)c4ccncc4)cc3F)ccc12. The number of hydrogen-bond donors (Lipinski definition) is 1. The highest BCUT2D eigenvalue weighted by Gasteiger charge is 2.20.